The zero-order valence-electron chi connectivity index (χ0n) is 12.4. The van der Waals surface area contributed by atoms with Crippen molar-refractivity contribution < 1.29 is 24.9 Å². The molecular formula is C15H23NO5. The van der Waals surface area contributed by atoms with E-state index in [9.17, 15) is 9.90 Å². The lowest BCUT2D eigenvalue weighted by Gasteiger charge is -2.16. The number of aliphatic hydroxyl groups is 2. The lowest BCUT2D eigenvalue weighted by atomic mass is 10.1. The fraction of sp³-hybridized carbons (Fsp3) is 0.533. The maximum Gasteiger partial charge on any atom is 0.335 e. The highest BCUT2D eigenvalue weighted by atomic mass is 16.5. The van der Waals surface area contributed by atoms with Crippen molar-refractivity contribution in [3.05, 3.63) is 23.8 Å². The molecule has 1 atom stereocenters. The molecule has 0 radical (unpaired) electrons. The minimum absolute atomic E-state index is 0.111. The number of rotatable bonds is 9. The van der Waals surface area contributed by atoms with Gasteiger partial charge >= 0.3 is 5.97 Å². The molecule has 0 amide bonds. The van der Waals surface area contributed by atoms with Gasteiger partial charge in [-0.05, 0) is 30.5 Å². The molecule has 6 nitrogen and oxygen atoms in total. The number of nitrogens with one attached hydrogen (secondary N) is 1. The highest BCUT2D eigenvalue weighted by Crippen LogP contribution is 2.26. The van der Waals surface area contributed by atoms with Crippen molar-refractivity contribution in [1.29, 1.82) is 0 Å². The van der Waals surface area contributed by atoms with Crippen LogP contribution in [0.3, 0.4) is 0 Å². The molecule has 0 aliphatic carbocycles. The number of hydrogen-bond acceptors (Lipinski definition) is 5. The highest BCUT2D eigenvalue weighted by Gasteiger charge is 2.11. The third kappa shape index (κ3) is 6.01. The van der Waals surface area contributed by atoms with Crippen molar-refractivity contribution >= 4 is 11.7 Å². The molecule has 0 saturated carbocycles. The Hall–Kier alpha value is -1.79. The Kier molecular flexibility index (Phi) is 6.98. The first kappa shape index (κ1) is 17.3. The van der Waals surface area contributed by atoms with Crippen molar-refractivity contribution in [3.63, 3.8) is 0 Å². The van der Waals surface area contributed by atoms with Gasteiger partial charge in [0.2, 0.25) is 0 Å². The SMILES string of the molecule is CC(C)CCOc1ccc(C(=O)O)cc1NCC(O)CO. The number of anilines is 1. The summed E-state index contributed by atoms with van der Waals surface area (Å²) < 4.78 is 5.65. The summed E-state index contributed by atoms with van der Waals surface area (Å²) in [5, 5.41) is 30.1. The molecule has 21 heavy (non-hydrogen) atoms. The fourth-order valence-electron chi connectivity index (χ4n) is 1.62. The molecule has 1 rings (SSSR count). The van der Waals surface area contributed by atoms with Gasteiger partial charge in [0.1, 0.15) is 5.75 Å². The lowest BCUT2D eigenvalue weighted by Crippen LogP contribution is -2.23. The van der Waals surface area contributed by atoms with Crippen LogP contribution in [-0.2, 0) is 0 Å². The van der Waals surface area contributed by atoms with Crippen LogP contribution in [0.15, 0.2) is 18.2 Å². The number of carbonyl (C=O) groups is 1. The van der Waals surface area contributed by atoms with Crippen LogP contribution in [0.2, 0.25) is 0 Å². The minimum Gasteiger partial charge on any atom is -0.491 e. The molecule has 0 fully saturated rings. The van der Waals surface area contributed by atoms with Gasteiger partial charge in [0.25, 0.3) is 0 Å². The van der Waals surface area contributed by atoms with E-state index in [1.807, 2.05) is 0 Å². The first-order chi connectivity index (χ1) is 9.93. The molecule has 0 aliphatic heterocycles. The van der Waals surface area contributed by atoms with E-state index >= 15 is 0 Å². The van der Waals surface area contributed by atoms with Crippen LogP contribution in [0, 0.1) is 5.92 Å². The molecule has 0 spiro atoms. The summed E-state index contributed by atoms with van der Waals surface area (Å²) >= 11 is 0. The van der Waals surface area contributed by atoms with Crippen molar-refractivity contribution in [3.8, 4) is 5.75 Å². The Labute approximate surface area is 124 Å². The van der Waals surface area contributed by atoms with Crippen LogP contribution >= 0.6 is 0 Å². The van der Waals surface area contributed by atoms with Gasteiger partial charge < -0.3 is 25.4 Å². The van der Waals surface area contributed by atoms with Gasteiger partial charge in [-0.3, -0.25) is 0 Å². The fourth-order valence-corrected chi connectivity index (χ4v) is 1.62. The summed E-state index contributed by atoms with van der Waals surface area (Å²) in [7, 11) is 0. The maximum absolute atomic E-state index is 11.0. The minimum atomic E-state index is -1.03. The van der Waals surface area contributed by atoms with E-state index in [1.54, 1.807) is 6.07 Å². The molecule has 0 bridgehead atoms. The predicted molar refractivity (Wildman–Crippen MR) is 79.9 cm³/mol. The first-order valence-corrected chi connectivity index (χ1v) is 6.97. The van der Waals surface area contributed by atoms with Crippen LogP contribution in [-0.4, -0.2) is 47.2 Å². The largest absolute Gasteiger partial charge is 0.491 e. The molecule has 118 valence electrons. The summed E-state index contributed by atoms with van der Waals surface area (Å²) in [5.41, 5.74) is 0.623. The van der Waals surface area contributed by atoms with E-state index in [0.717, 1.165) is 6.42 Å². The third-order valence-corrected chi connectivity index (χ3v) is 2.92. The number of benzene rings is 1. The summed E-state index contributed by atoms with van der Waals surface area (Å²) in [6.07, 6.45) is -0.0265. The lowest BCUT2D eigenvalue weighted by molar-refractivity contribution is 0.0697. The van der Waals surface area contributed by atoms with Crippen molar-refractivity contribution in [2.75, 3.05) is 25.1 Å². The van der Waals surface area contributed by atoms with Crippen molar-refractivity contribution in [2.45, 2.75) is 26.4 Å². The number of aliphatic hydroxyl groups excluding tert-OH is 2. The smallest absolute Gasteiger partial charge is 0.335 e. The first-order valence-electron chi connectivity index (χ1n) is 6.97. The molecule has 0 saturated heterocycles. The molecule has 1 aromatic carbocycles. The van der Waals surface area contributed by atoms with Gasteiger partial charge in [-0.1, -0.05) is 13.8 Å². The number of carboxylic acid groups (broad SMARTS) is 1. The van der Waals surface area contributed by atoms with E-state index in [1.165, 1.54) is 12.1 Å². The van der Waals surface area contributed by atoms with Crippen LogP contribution in [0.25, 0.3) is 0 Å². The second-order valence-electron chi connectivity index (χ2n) is 5.26. The van der Waals surface area contributed by atoms with Crippen LogP contribution in [0.4, 0.5) is 5.69 Å². The van der Waals surface area contributed by atoms with E-state index in [2.05, 4.69) is 19.2 Å². The van der Waals surface area contributed by atoms with Gasteiger partial charge in [-0.15, -0.1) is 0 Å². The van der Waals surface area contributed by atoms with Gasteiger partial charge in [-0.25, -0.2) is 4.79 Å². The van der Waals surface area contributed by atoms with E-state index in [-0.39, 0.29) is 18.7 Å². The summed E-state index contributed by atoms with van der Waals surface area (Å²) in [6, 6.07) is 4.52. The van der Waals surface area contributed by atoms with Gasteiger partial charge in [0, 0.05) is 6.54 Å². The van der Waals surface area contributed by atoms with Crippen LogP contribution < -0.4 is 10.1 Å². The Morgan fingerprint density at radius 3 is 2.67 bits per heavy atom. The molecule has 0 heterocycles. The zero-order valence-corrected chi connectivity index (χ0v) is 12.4. The second-order valence-corrected chi connectivity index (χ2v) is 5.26. The van der Waals surface area contributed by atoms with Crippen LogP contribution in [0.1, 0.15) is 30.6 Å². The Morgan fingerprint density at radius 1 is 1.38 bits per heavy atom. The van der Waals surface area contributed by atoms with Gasteiger partial charge in [-0.2, -0.15) is 0 Å². The summed E-state index contributed by atoms with van der Waals surface area (Å²) in [6.45, 7) is 4.46. The topological polar surface area (TPSA) is 99.0 Å². The number of aromatic carboxylic acids is 1. The standard InChI is InChI=1S/C15H23NO5/c1-10(2)5-6-21-14-4-3-11(15(19)20)7-13(14)16-8-12(18)9-17/h3-4,7,10,12,16-18H,5-6,8-9H2,1-2H3,(H,19,20). The number of ether oxygens (including phenoxy) is 1. The quantitative estimate of drug-likeness (QED) is 0.552. The molecule has 0 aromatic heterocycles. The van der Waals surface area contributed by atoms with Crippen LogP contribution in [0.5, 0.6) is 5.75 Å². The maximum atomic E-state index is 11.0. The average molecular weight is 297 g/mol. The number of hydrogen-bond donors (Lipinski definition) is 4. The third-order valence-electron chi connectivity index (χ3n) is 2.92. The Morgan fingerprint density at radius 2 is 2.10 bits per heavy atom. The molecule has 1 unspecified atom stereocenters. The Balaban J connectivity index is 2.81. The Bertz CT molecular complexity index is 461. The number of carboxylic acids is 1. The normalized spacial score (nSPS) is 12.2. The highest BCUT2D eigenvalue weighted by molar-refractivity contribution is 5.89. The second kappa shape index (κ2) is 8.49. The van der Waals surface area contributed by atoms with E-state index in [4.69, 9.17) is 14.9 Å². The summed E-state index contributed by atoms with van der Waals surface area (Å²) in [4.78, 5) is 11.0. The molecule has 6 heteroatoms. The van der Waals surface area contributed by atoms with E-state index in [0.29, 0.717) is 24.0 Å². The van der Waals surface area contributed by atoms with Gasteiger partial charge in [0.05, 0.1) is 30.6 Å². The van der Waals surface area contributed by atoms with Crippen molar-refractivity contribution in [1.82, 2.24) is 0 Å². The van der Waals surface area contributed by atoms with E-state index < -0.39 is 12.1 Å². The average Bonchev–Trinajstić information content (AvgIpc) is 2.44. The molecular weight excluding hydrogens is 274 g/mol. The summed E-state index contributed by atoms with van der Waals surface area (Å²) in [5.74, 6) is 0.0104. The van der Waals surface area contributed by atoms with Crippen molar-refractivity contribution in [2.24, 2.45) is 5.92 Å². The molecule has 1 aromatic rings. The monoisotopic (exact) mass is 297 g/mol. The van der Waals surface area contributed by atoms with Gasteiger partial charge in [0.15, 0.2) is 0 Å². The molecule has 0 aliphatic rings. The predicted octanol–water partition coefficient (Wildman–Crippen LogP) is 1.57. The zero-order chi connectivity index (χ0) is 15.8. The molecule has 4 N–H and O–H groups in total.